The number of carbonyl (C=O) groups excluding carboxylic acids is 1. The molecule has 0 amide bonds. The van der Waals surface area contributed by atoms with Crippen molar-refractivity contribution in [1.29, 1.82) is 0 Å². The summed E-state index contributed by atoms with van der Waals surface area (Å²) in [5, 5.41) is 9.10. The van der Waals surface area contributed by atoms with Gasteiger partial charge in [-0.15, -0.1) is 11.6 Å². The van der Waals surface area contributed by atoms with Gasteiger partial charge in [0.15, 0.2) is 0 Å². The molecule has 18 heavy (non-hydrogen) atoms. The van der Waals surface area contributed by atoms with Gasteiger partial charge >= 0.3 is 11.9 Å². The Bertz CT molecular complexity index is 443. The van der Waals surface area contributed by atoms with Crippen LogP contribution in [-0.2, 0) is 11.2 Å². The van der Waals surface area contributed by atoms with Crippen molar-refractivity contribution < 1.29 is 19.4 Å². The molecule has 0 fully saturated rings. The molecule has 0 atom stereocenters. The van der Waals surface area contributed by atoms with Gasteiger partial charge in [0.25, 0.3) is 0 Å². The summed E-state index contributed by atoms with van der Waals surface area (Å²) >= 11 is 5.61. The summed E-state index contributed by atoms with van der Waals surface area (Å²) in [5.41, 5.74) is 0.770. The molecule has 0 spiro atoms. The number of hydrogen-bond acceptors (Lipinski definition) is 3. The molecule has 1 aromatic rings. The molecule has 0 bridgehead atoms. The number of ether oxygens (including phenoxy) is 1. The highest BCUT2D eigenvalue weighted by Gasteiger charge is 2.21. The number of rotatable bonds is 6. The first-order chi connectivity index (χ1) is 8.61. The zero-order valence-electron chi connectivity index (χ0n) is 10.1. The summed E-state index contributed by atoms with van der Waals surface area (Å²) in [6.45, 7) is 1.89. The Morgan fingerprint density at radius 1 is 1.39 bits per heavy atom. The maximum absolute atomic E-state index is 11.8. The van der Waals surface area contributed by atoms with Crippen molar-refractivity contribution in [3.63, 3.8) is 0 Å². The first-order valence-electron chi connectivity index (χ1n) is 5.70. The number of esters is 1. The highest BCUT2D eigenvalue weighted by atomic mass is 35.5. The van der Waals surface area contributed by atoms with Crippen LogP contribution in [0, 0.1) is 0 Å². The Morgan fingerprint density at radius 3 is 2.67 bits per heavy atom. The smallest absolute Gasteiger partial charge is 0.339 e. The molecule has 1 aromatic carbocycles. The van der Waals surface area contributed by atoms with Gasteiger partial charge in [-0.05, 0) is 31.4 Å². The number of halogens is 1. The molecule has 1 N–H and O–H groups in total. The lowest BCUT2D eigenvalue weighted by Gasteiger charge is -2.11. The molecule has 0 saturated carbocycles. The van der Waals surface area contributed by atoms with E-state index in [-0.39, 0.29) is 17.7 Å². The third-order valence-corrected chi connectivity index (χ3v) is 2.71. The Balaban J connectivity index is 3.20. The fourth-order valence-corrected chi connectivity index (χ4v) is 1.82. The first kappa shape index (κ1) is 14.5. The van der Waals surface area contributed by atoms with E-state index in [4.69, 9.17) is 21.4 Å². The molecular weight excluding hydrogens is 256 g/mol. The minimum atomic E-state index is -1.13. The van der Waals surface area contributed by atoms with Crippen LogP contribution < -0.4 is 0 Å². The largest absolute Gasteiger partial charge is 0.478 e. The van der Waals surface area contributed by atoms with Gasteiger partial charge in [0.1, 0.15) is 0 Å². The third-order valence-electron chi connectivity index (χ3n) is 2.44. The molecule has 0 radical (unpaired) electrons. The maximum atomic E-state index is 11.8. The zero-order chi connectivity index (χ0) is 13.5. The summed E-state index contributed by atoms with van der Waals surface area (Å²) in [4.78, 5) is 23.0. The Kier molecular flexibility index (Phi) is 5.65. The Morgan fingerprint density at radius 2 is 2.11 bits per heavy atom. The van der Waals surface area contributed by atoms with Crippen molar-refractivity contribution in [2.45, 2.75) is 19.8 Å². The van der Waals surface area contributed by atoms with Gasteiger partial charge in [0.2, 0.25) is 0 Å². The maximum Gasteiger partial charge on any atom is 0.339 e. The molecular formula is C13H15ClO4. The molecule has 0 aromatic heterocycles. The second kappa shape index (κ2) is 7.01. The van der Waals surface area contributed by atoms with Crippen molar-refractivity contribution in [2.75, 3.05) is 12.5 Å². The SMILES string of the molecule is CCOC(=O)c1c(CCCCl)cccc1C(=O)O. The molecule has 0 unspecified atom stereocenters. The summed E-state index contributed by atoms with van der Waals surface area (Å²) in [7, 11) is 0. The van der Waals surface area contributed by atoms with Gasteiger partial charge in [-0.2, -0.15) is 0 Å². The van der Waals surface area contributed by atoms with E-state index in [1.165, 1.54) is 6.07 Å². The monoisotopic (exact) mass is 270 g/mol. The van der Waals surface area contributed by atoms with Gasteiger partial charge in [0, 0.05) is 5.88 Å². The minimum absolute atomic E-state index is 0.0273. The van der Waals surface area contributed by atoms with E-state index in [0.29, 0.717) is 24.3 Å². The quantitative estimate of drug-likeness (QED) is 0.638. The van der Waals surface area contributed by atoms with Crippen LogP contribution in [0.15, 0.2) is 18.2 Å². The summed E-state index contributed by atoms with van der Waals surface area (Å²) in [6, 6.07) is 4.75. The summed E-state index contributed by atoms with van der Waals surface area (Å²) < 4.78 is 4.90. The molecule has 98 valence electrons. The predicted octanol–water partition coefficient (Wildman–Crippen LogP) is 2.73. The van der Waals surface area contributed by atoms with Crippen LogP contribution in [0.5, 0.6) is 0 Å². The summed E-state index contributed by atoms with van der Waals surface area (Å²) in [6.07, 6.45) is 1.23. The fourth-order valence-electron chi connectivity index (χ4n) is 1.69. The Hall–Kier alpha value is -1.55. The van der Waals surface area contributed by atoms with Crippen LogP contribution in [0.1, 0.15) is 39.6 Å². The second-order valence-electron chi connectivity index (χ2n) is 3.66. The lowest BCUT2D eigenvalue weighted by molar-refractivity contribution is 0.0513. The molecule has 1 rings (SSSR count). The van der Waals surface area contributed by atoms with Crippen LogP contribution in [-0.4, -0.2) is 29.5 Å². The van der Waals surface area contributed by atoms with Gasteiger partial charge in [-0.1, -0.05) is 12.1 Å². The van der Waals surface area contributed by atoms with Crippen molar-refractivity contribution in [3.05, 3.63) is 34.9 Å². The highest BCUT2D eigenvalue weighted by molar-refractivity contribution is 6.17. The molecule has 0 saturated heterocycles. The molecule has 0 aliphatic rings. The van der Waals surface area contributed by atoms with E-state index in [2.05, 4.69) is 0 Å². The van der Waals surface area contributed by atoms with Crippen LogP contribution in [0.4, 0.5) is 0 Å². The average Bonchev–Trinajstić information content (AvgIpc) is 2.35. The van der Waals surface area contributed by atoms with Crippen LogP contribution in [0.2, 0.25) is 0 Å². The highest BCUT2D eigenvalue weighted by Crippen LogP contribution is 2.18. The minimum Gasteiger partial charge on any atom is -0.478 e. The lowest BCUT2D eigenvalue weighted by atomic mass is 9.98. The molecule has 5 heteroatoms. The van der Waals surface area contributed by atoms with Gasteiger partial charge in [-0.3, -0.25) is 0 Å². The van der Waals surface area contributed by atoms with E-state index in [0.717, 1.165) is 0 Å². The molecule has 0 heterocycles. The number of carboxylic acid groups (broad SMARTS) is 1. The van der Waals surface area contributed by atoms with E-state index in [9.17, 15) is 9.59 Å². The normalized spacial score (nSPS) is 10.1. The standard InChI is InChI=1S/C13H15ClO4/c1-2-18-13(17)11-9(6-4-8-14)5-3-7-10(11)12(15)16/h3,5,7H,2,4,6,8H2,1H3,(H,15,16). The first-order valence-corrected chi connectivity index (χ1v) is 6.23. The third kappa shape index (κ3) is 3.47. The summed E-state index contributed by atoms with van der Waals surface area (Å²) in [5.74, 6) is -1.27. The molecule has 4 nitrogen and oxygen atoms in total. The fraction of sp³-hybridized carbons (Fsp3) is 0.385. The number of carbonyl (C=O) groups is 2. The lowest BCUT2D eigenvalue weighted by Crippen LogP contribution is -2.14. The van der Waals surface area contributed by atoms with E-state index in [1.807, 2.05) is 0 Å². The van der Waals surface area contributed by atoms with Gasteiger partial charge in [-0.25, -0.2) is 9.59 Å². The molecule has 0 aliphatic carbocycles. The average molecular weight is 271 g/mol. The van der Waals surface area contributed by atoms with Crippen molar-refractivity contribution in [1.82, 2.24) is 0 Å². The van der Waals surface area contributed by atoms with Crippen molar-refractivity contribution >= 4 is 23.5 Å². The Labute approximate surface area is 111 Å². The van der Waals surface area contributed by atoms with Crippen LogP contribution in [0.3, 0.4) is 0 Å². The second-order valence-corrected chi connectivity index (χ2v) is 4.04. The van der Waals surface area contributed by atoms with Gasteiger partial charge in [0.05, 0.1) is 17.7 Å². The van der Waals surface area contributed by atoms with Gasteiger partial charge < -0.3 is 9.84 Å². The van der Waals surface area contributed by atoms with E-state index in [1.54, 1.807) is 19.1 Å². The van der Waals surface area contributed by atoms with Crippen molar-refractivity contribution in [3.8, 4) is 0 Å². The molecule has 0 aliphatic heterocycles. The van der Waals surface area contributed by atoms with E-state index < -0.39 is 11.9 Å². The zero-order valence-corrected chi connectivity index (χ0v) is 10.9. The van der Waals surface area contributed by atoms with Crippen LogP contribution >= 0.6 is 11.6 Å². The number of benzene rings is 1. The number of carboxylic acids is 1. The topological polar surface area (TPSA) is 63.6 Å². The number of alkyl halides is 1. The predicted molar refractivity (Wildman–Crippen MR) is 68.4 cm³/mol. The number of aryl methyl sites for hydroxylation is 1. The van der Waals surface area contributed by atoms with Crippen LogP contribution in [0.25, 0.3) is 0 Å². The number of hydrogen-bond donors (Lipinski definition) is 1. The number of aromatic carboxylic acids is 1. The van der Waals surface area contributed by atoms with Crippen molar-refractivity contribution in [2.24, 2.45) is 0 Å². The van der Waals surface area contributed by atoms with E-state index >= 15 is 0 Å².